The Labute approximate surface area is 174 Å². The van der Waals surface area contributed by atoms with E-state index in [9.17, 15) is 9.59 Å². The van der Waals surface area contributed by atoms with Crippen LogP contribution in [0.25, 0.3) is 5.70 Å². The van der Waals surface area contributed by atoms with Crippen LogP contribution in [0.3, 0.4) is 0 Å². The Morgan fingerprint density at radius 2 is 1.60 bits per heavy atom. The van der Waals surface area contributed by atoms with Gasteiger partial charge in [0, 0.05) is 0 Å². The van der Waals surface area contributed by atoms with Gasteiger partial charge in [0.25, 0.3) is 11.8 Å². The van der Waals surface area contributed by atoms with E-state index in [-0.39, 0.29) is 23.0 Å². The molecule has 4 rings (SSSR count). The molecule has 0 saturated carbocycles. The van der Waals surface area contributed by atoms with E-state index in [0.29, 0.717) is 43.0 Å². The van der Waals surface area contributed by atoms with Crippen molar-refractivity contribution < 1.29 is 14.3 Å². The van der Waals surface area contributed by atoms with E-state index in [1.807, 2.05) is 30.3 Å². The summed E-state index contributed by atoms with van der Waals surface area (Å²) in [5.74, 6) is 0.497. The zero-order valence-corrected chi connectivity index (χ0v) is 16.4. The summed E-state index contributed by atoms with van der Waals surface area (Å²) in [4.78, 5) is 29.3. The highest BCUT2D eigenvalue weighted by Crippen LogP contribution is 2.30. The predicted molar refractivity (Wildman–Crippen MR) is 114 cm³/mol. The first-order valence-corrected chi connectivity index (χ1v) is 9.74. The summed E-state index contributed by atoms with van der Waals surface area (Å²) in [5, 5.41) is 5.92. The van der Waals surface area contributed by atoms with Crippen molar-refractivity contribution >= 4 is 23.3 Å². The lowest BCUT2D eigenvalue weighted by Gasteiger charge is -2.28. The average molecular weight is 405 g/mol. The minimum Gasteiger partial charge on any atom is -0.457 e. The number of primary amides is 1. The first-order valence-electron chi connectivity index (χ1n) is 9.74. The predicted octanol–water partition coefficient (Wildman–Crippen LogP) is 1.28. The molecule has 1 fully saturated rings. The van der Waals surface area contributed by atoms with Crippen LogP contribution in [-0.2, 0) is 9.59 Å². The maximum Gasteiger partial charge on any atom is 0.254 e. The number of carbonyl (C=O) groups excluding carboxylic acids is 2. The lowest BCUT2D eigenvalue weighted by atomic mass is 9.89. The maximum atomic E-state index is 12.6. The summed E-state index contributed by atoms with van der Waals surface area (Å²) in [6.45, 7) is 1.36. The summed E-state index contributed by atoms with van der Waals surface area (Å²) in [7, 11) is 0. The molecule has 0 unspecified atom stereocenters. The van der Waals surface area contributed by atoms with Crippen LogP contribution in [0.5, 0.6) is 11.5 Å². The molecule has 2 aliphatic rings. The van der Waals surface area contributed by atoms with Gasteiger partial charge in [0.1, 0.15) is 28.4 Å². The van der Waals surface area contributed by atoms with Gasteiger partial charge in [0.15, 0.2) is 0 Å². The highest BCUT2D eigenvalue weighted by molar-refractivity contribution is 6.30. The molecular weight excluding hydrogens is 382 g/mol. The van der Waals surface area contributed by atoms with Crippen molar-refractivity contribution in [3.63, 3.8) is 0 Å². The van der Waals surface area contributed by atoms with Crippen molar-refractivity contribution in [2.75, 3.05) is 13.1 Å². The van der Waals surface area contributed by atoms with E-state index in [1.165, 1.54) is 0 Å². The molecule has 8 nitrogen and oxygen atoms in total. The number of aliphatic imine (C=N–C) groups is 1. The number of amidine groups is 1. The van der Waals surface area contributed by atoms with Gasteiger partial charge in [0.05, 0.1) is 5.70 Å². The van der Waals surface area contributed by atoms with Gasteiger partial charge >= 0.3 is 0 Å². The van der Waals surface area contributed by atoms with Crippen molar-refractivity contribution in [1.29, 1.82) is 0 Å². The van der Waals surface area contributed by atoms with E-state index in [0.717, 1.165) is 0 Å². The molecule has 0 radical (unpaired) electrons. The number of rotatable bonds is 5. The molecule has 6 N–H and O–H groups in total. The summed E-state index contributed by atoms with van der Waals surface area (Å²) >= 11 is 0. The fraction of sp³-hybridized carbons (Fsp3) is 0.227. The molecule has 8 heteroatoms. The van der Waals surface area contributed by atoms with E-state index < -0.39 is 11.4 Å². The van der Waals surface area contributed by atoms with Crippen LogP contribution in [0, 0.1) is 0 Å². The molecule has 2 amide bonds. The zero-order chi connectivity index (χ0) is 21.1. The van der Waals surface area contributed by atoms with Crippen molar-refractivity contribution in [2.45, 2.75) is 18.4 Å². The van der Waals surface area contributed by atoms with Crippen LogP contribution in [0.15, 0.2) is 65.2 Å². The second-order valence-corrected chi connectivity index (χ2v) is 7.29. The first-order chi connectivity index (χ1) is 14.5. The Kier molecular flexibility index (Phi) is 5.24. The molecule has 30 heavy (non-hydrogen) atoms. The Balaban J connectivity index is 1.63. The largest absolute Gasteiger partial charge is 0.457 e. The molecule has 154 valence electrons. The Hall–Kier alpha value is -3.65. The van der Waals surface area contributed by atoms with Gasteiger partial charge in [-0.25, -0.2) is 0 Å². The van der Waals surface area contributed by atoms with Crippen LogP contribution in [-0.4, -0.2) is 36.3 Å². The topological polar surface area (TPSA) is 132 Å². The number of amides is 2. The summed E-state index contributed by atoms with van der Waals surface area (Å²) in [6, 6.07) is 16.3. The molecule has 0 aromatic heterocycles. The Bertz CT molecular complexity index is 1020. The van der Waals surface area contributed by atoms with E-state index >= 15 is 0 Å². The van der Waals surface area contributed by atoms with Gasteiger partial charge in [-0.15, -0.1) is 0 Å². The second kappa shape index (κ2) is 8.00. The molecule has 1 saturated heterocycles. The number of hydrogen-bond donors (Lipinski definition) is 4. The minimum atomic E-state index is -0.866. The molecule has 1 spiro atoms. The number of nitrogens with zero attached hydrogens (tertiary/aromatic N) is 1. The number of carbonyl (C=O) groups is 2. The molecular formula is C22H23N5O3. The number of benzene rings is 2. The Morgan fingerprint density at radius 1 is 0.967 bits per heavy atom. The highest BCUT2D eigenvalue weighted by Gasteiger charge is 2.45. The van der Waals surface area contributed by atoms with Crippen molar-refractivity contribution in [3.8, 4) is 11.5 Å². The van der Waals surface area contributed by atoms with E-state index in [1.54, 1.807) is 24.3 Å². The van der Waals surface area contributed by atoms with Gasteiger partial charge in [-0.05, 0) is 67.9 Å². The molecule has 2 aliphatic heterocycles. The van der Waals surface area contributed by atoms with Crippen LogP contribution in [0.1, 0.15) is 18.4 Å². The average Bonchev–Trinajstić information content (AvgIpc) is 3.04. The smallest absolute Gasteiger partial charge is 0.254 e. The van der Waals surface area contributed by atoms with Gasteiger partial charge in [0.2, 0.25) is 0 Å². The number of hydrogen-bond acceptors (Lipinski definition) is 6. The second-order valence-electron chi connectivity index (χ2n) is 7.29. The molecule has 2 aromatic carbocycles. The van der Waals surface area contributed by atoms with Gasteiger partial charge in [-0.1, -0.05) is 18.2 Å². The summed E-state index contributed by atoms with van der Waals surface area (Å²) in [5.41, 5.74) is 11.8. The minimum absolute atomic E-state index is 0.00971. The van der Waals surface area contributed by atoms with Crippen LogP contribution in [0.4, 0.5) is 0 Å². The molecule has 0 atom stereocenters. The normalized spacial score (nSPS) is 18.4. The lowest BCUT2D eigenvalue weighted by molar-refractivity contribution is -0.124. The van der Waals surface area contributed by atoms with Gasteiger partial charge < -0.3 is 26.8 Å². The number of ether oxygens (including phenoxy) is 1. The molecule has 2 heterocycles. The third kappa shape index (κ3) is 3.77. The third-order valence-electron chi connectivity index (χ3n) is 5.31. The third-order valence-corrected chi connectivity index (χ3v) is 5.31. The van der Waals surface area contributed by atoms with Gasteiger partial charge in [-0.2, -0.15) is 0 Å². The molecule has 0 bridgehead atoms. The Morgan fingerprint density at radius 3 is 2.23 bits per heavy atom. The SMILES string of the molecule is NC(=O)C(C1=NC2(CCNCC2)C(=O)N1)=C(N)c1ccc(Oc2ccccc2)cc1. The van der Waals surface area contributed by atoms with Crippen molar-refractivity contribution in [1.82, 2.24) is 10.6 Å². The van der Waals surface area contributed by atoms with Crippen LogP contribution in [0.2, 0.25) is 0 Å². The number of piperidine rings is 1. The summed E-state index contributed by atoms with van der Waals surface area (Å²) < 4.78 is 5.77. The van der Waals surface area contributed by atoms with E-state index in [4.69, 9.17) is 16.2 Å². The number of nitrogens with two attached hydrogens (primary N) is 2. The maximum absolute atomic E-state index is 12.6. The van der Waals surface area contributed by atoms with Crippen LogP contribution >= 0.6 is 0 Å². The number of para-hydroxylation sites is 1. The monoisotopic (exact) mass is 405 g/mol. The lowest BCUT2D eigenvalue weighted by Crippen LogP contribution is -2.47. The summed E-state index contributed by atoms with van der Waals surface area (Å²) in [6.07, 6.45) is 1.11. The van der Waals surface area contributed by atoms with E-state index in [2.05, 4.69) is 15.6 Å². The van der Waals surface area contributed by atoms with Gasteiger partial charge in [-0.3, -0.25) is 14.6 Å². The fourth-order valence-corrected chi connectivity index (χ4v) is 3.66. The highest BCUT2D eigenvalue weighted by atomic mass is 16.5. The zero-order valence-electron chi connectivity index (χ0n) is 16.4. The fourth-order valence-electron chi connectivity index (χ4n) is 3.66. The van der Waals surface area contributed by atoms with Crippen LogP contribution < -0.4 is 26.8 Å². The quantitative estimate of drug-likeness (QED) is 0.557. The van der Waals surface area contributed by atoms with Crippen molar-refractivity contribution in [3.05, 3.63) is 65.7 Å². The standard InChI is InChI=1S/C22H23N5O3/c23-18(14-6-8-16(9-7-14)30-15-4-2-1-3-5-15)17(19(24)28)20-26-21(29)22(27-20)10-12-25-13-11-22/h1-9,25H,10-13,23H2,(H2,24,28)(H,26,27,29). The first kappa shape index (κ1) is 19.7. The van der Waals surface area contributed by atoms with Crippen molar-refractivity contribution in [2.24, 2.45) is 16.5 Å². The number of nitrogens with one attached hydrogen (secondary N) is 2. The molecule has 0 aliphatic carbocycles. The molecule has 2 aromatic rings.